The molecule has 0 unspecified atom stereocenters. The molecule has 1 fully saturated rings. The average molecular weight is 421 g/mol. The molecule has 3 atom stereocenters. The van der Waals surface area contributed by atoms with Crippen LogP contribution in [0.1, 0.15) is 19.8 Å². The van der Waals surface area contributed by atoms with Crippen molar-refractivity contribution in [3.05, 3.63) is 35.4 Å². The fourth-order valence-electron chi connectivity index (χ4n) is 3.45. The van der Waals surface area contributed by atoms with Gasteiger partial charge in [0, 0.05) is 5.02 Å². The van der Waals surface area contributed by atoms with Crippen LogP contribution in [0.2, 0.25) is 5.02 Å². The van der Waals surface area contributed by atoms with Crippen LogP contribution in [-0.4, -0.2) is 48.3 Å². The molecule has 1 N–H and O–H groups in total. The van der Waals surface area contributed by atoms with Crippen LogP contribution in [0.5, 0.6) is 5.75 Å². The fraction of sp³-hybridized carbons (Fsp3) is 0.400. The minimum atomic E-state index is -1.15. The van der Waals surface area contributed by atoms with E-state index in [0.717, 1.165) is 4.90 Å². The maximum Gasteiger partial charge on any atom is 0.326 e. The second-order valence-electron chi connectivity index (χ2n) is 6.88. The van der Waals surface area contributed by atoms with Gasteiger partial charge in [0.15, 0.2) is 6.10 Å². The molecule has 0 saturated carbocycles. The minimum absolute atomic E-state index is 0.328. The summed E-state index contributed by atoms with van der Waals surface area (Å²) in [6, 6.07) is 4.70. The highest BCUT2D eigenvalue weighted by molar-refractivity contribution is 6.31. The van der Waals surface area contributed by atoms with Crippen LogP contribution in [0.25, 0.3) is 0 Å². The molecule has 29 heavy (non-hydrogen) atoms. The molecule has 3 rings (SSSR count). The number of benzene rings is 1. The summed E-state index contributed by atoms with van der Waals surface area (Å²) in [6.45, 7) is 0.879. The summed E-state index contributed by atoms with van der Waals surface area (Å²) < 4.78 is 10.3. The molecule has 1 aliphatic heterocycles. The maximum absolute atomic E-state index is 12.4. The molecular weight excluding hydrogens is 400 g/mol. The highest BCUT2D eigenvalue weighted by Crippen LogP contribution is 2.35. The van der Waals surface area contributed by atoms with Crippen LogP contribution < -0.4 is 10.1 Å². The van der Waals surface area contributed by atoms with Crippen LogP contribution in [0.15, 0.2) is 30.4 Å². The molecule has 0 aromatic heterocycles. The first-order valence-corrected chi connectivity index (χ1v) is 9.53. The first-order chi connectivity index (χ1) is 13.8. The number of allylic oxidation sites excluding steroid dienone is 2. The summed E-state index contributed by atoms with van der Waals surface area (Å²) in [5, 5.41) is 2.97. The normalized spacial score (nSPS) is 21.6. The lowest BCUT2D eigenvalue weighted by molar-refractivity contribution is -0.158. The molecule has 3 amide bonds. The van der Waals surface area contributed by atoms with Crippen LogP contribution in [-0.2, 0) is 23.9 Å². The zero-order valence-corrected chi connectivity index (χ0v) is 16.8. The van der Waals surface area contributed by atoms with Crippen molar-refractivity contribution in [1.82, 2.24) is 4.90 Å². The van der Waals surface area contributed by atoms with E-state index in [9.17, 15) is 19.2 Å². The molecule has 2 aliphatic rings. The monoisotopic (exact) mass is 420 g/mol. The minimum Gasteiger partial charge on any atom is -0.495 e. The van der Waals surface area contributed by atoms with Gasteiger partial charge in [0.2, 0.25) is 11.8 Å². The Morgan fingerprint density at radius 2 is 1.83 bits per heavy atom. The smallest absolute Gasteiger partial charge is 0.326 e. The second kappa shape index (κ2) is 8.65. The van der Waals surface area contributed by atoms with Gasteiger partial charge >= 0.3 is 5.97 Å². The van der Waals surface area contributed by atoms with E-state index in [1.165, 1.54) is 20.1 Å². The van der Waals surface area contributed by atoms with E-state index < -0.39 is 36.4 Å². The van der Waals surface area contributed by atoms with Gasteiger partial charge < -0.3 is 14.8 Å². The van der Waals surface area contributed by atoms with Gasteiger partial charge in [-0.2, -0.15) is 0 Å². The number of carbonyl (C=O) groups excluding carboxylic acids is 4. The second-order valence-corrected chi connectivity index (χ2v) is 7.32. The van der Waals surface area contributed by atoms with E-state index >= 15 is 0 Å². The van der Waals surface area contributed by atoms with Gasteiger partial charge in [-0.25, -0.2) is 0 Å². The highest BCUT2D eigenvalue weighted by Gasteiger charge is 2.47. The Labute approximate surface area is 172 Å². The number of imide groups is 1. The average Bonchev–Trinajstić information content (AvgIpc) is 2.93. The summed E-state index contributed by atoms with van der Waals surface area (Å²) in [5.41, 5.74) is 0.328. The fourth-order valence-corrected chi connectivity index (χ4v) is 3.63. The lowest BCUT2D eigenvalue weighted by Crippen LogP contribution is -2.39. The molecule has 1 saturated heterocycles. The summed E-state index contributed by atoms with van der Waals surface area (Å²) in [7, 11) is 1.44. The van der Waals surface area contributed by atoms with E-state index in [4.69, 9.17) is 21.1 Å². The van der Waals surface area contributed by atoms with E-state index in [1.807, 2.05) is 12.2 Å². The van der Waals surface area contributed by atoms with Crippen molar-refractivity contribution in [2.75, 3.05) is 19.0 Å². The van der Waals surface area contributed by atoms with Gasteiger partial charge in [0.25, 0.3) is 5.91 Å². The Kier molecular flexibility index (Phi) is 6.22. The molecule has 8 nitrogen and oxygen atoms in total. The lowest BCUT2D eigenvalue weighted by Gasteiger charge is -2.18. The first kappa shape index (κ1) is 20.9. The standard InChI is InChI=1S/C20H21ClN2O6/c1-11(18(25)22-15-9-12(21)7-8-16(15)28-2)29-17(24)10-23-19(26)13-5-3-4-6-14(13)20(23)27/h3-4,7-9,11,13-14H,5-6,10H2,1-2H3,(H,22,25)/t11-,13-,14-/m0/s1. The molecule has 0 radical (unpaired) electrons. The van der Waals surface area contributed by atoms with Crippen molar-refractivity contribution < 1.29 is 28.7 Å². The van der Waals surface area contributed by atoms with Gasteiger partial charge in [0.1, 0.15) is 12.3 Å². The summed E-state index contributed by atoms with van der Waals surface area (Å²) in [4.78, 5) is 50.3. The van der Waals surface area contributed by atoms with Gasteiger partial charge in [0.05, 0.1) is 24.6 Å². The van der Waals surface area contributed by atoms with Crippen molar-refractivity contribution in [2.24, 2.45) is 11.8 Å². The quantitative estimate of drug-likeness (QED) is 0.430. The largest absolute Gasteiger partial charge is 0.495 e. The number of hydrogen-bond donors (Lipinski definition) is 1. The van der Waals surface area contributed by atoms with Crippen LogP contribution in [0.3, 0.4) is 0 Å². The van der Waals surface area contributed by atoms with E-state index in [0.29, 0.717) is 29.3 Å². The van der Waals surface area contributed by atoms with Crippen LogP contribution >= 0.6 is 11.6 Å². The summed E-state index contributed by atoms with van der Waals surface area (Å²) >= 11 is 5.93. The number of ether oxygens (including phenoxy) is 2. The predicted octanol–water partition coefficient (Wildman–Crippen LogP) is 2.17. The Morgan fingerprint density at radius 3 is 2.41 bits per heavy atom. The molecule has 1 aromatic carbocycles. The van der Waals surface area contributed by atoms with Gasteiger partial charge in [-0.3, -0.25) is 24.1 Å². The third kappa shape index (κ3) is 4.42. The number of likely N-dealkylation sites (tertiary alicyclic amines) is 1. The lowest BCUT2D eigenvalue weighted by atomic mass is 9.85. The number of nitrogens with one attached hydrogen (secondary N) is 1. The van der Waals surface area contributed by atoms with E-state index in [-0.39, 0.29) is 11.8 Å². The number of anilines is 1. The van der Waals surface area contributed by atoms with Crippen LogP contribution in [0, 0.1) is 11.8 Å². The van der Waals surface area contributed by atoms with Gasteiger partial charge in [-0.15, -0.1) is 0 Å². The number of rotatable bonds is 6. The Hall–Kier alpha value is -2.87. The Bertz CT molecular complexity index is 858. The van der Waals surface area contributed by atoms with Crippen molar-refractivity contribution in [3.63, 3.8) is 0 Å². The third-order valence-corrected chi connectivity index (χ3v) is 5.22. The highest BCUT2D eigenvalue weighted by atomic mass is 35.5. The molecule has 1 aromatic rings. The first-order valence-electron chi connectivity index (χ1n) is 9.16. The molecular formula is C20H21ClN2O6. The number of hydrogen-bond acceptors (Lipinski definition) is 6. The van der Waals surface area contributed by atoms with Gasteiger partial charge in [-0.05, 0) is 38.0 Å². The SMILES string of the molecule is COc1ccc(Cl)cc1NC(=O)[C@H](C)OC(=O)CN1C(=O)[C@H]2CC=CC[C@@H]2C1=O. The molecule has 0 spiro atoms. The molecule has 9 heteroatoms. The summed E-state index contributed by atoms with van der Waals surface area (Å²) in [5.74, 6) is -2.63. The number of halogens is 1. The maximum atomic E-state index is 12.4. The van der Waals surface area contributed by atoms with E-state index in [1.54, 1.807) is 12.1 Å². The third-order valence-electron chi connectivity index (χ3n) is 4.98. The summed E-state index contributed by atoms with van der Waals surface area (Å²) in [6.07, 6.45) is 3.56. The number of carbonyl (C=O) groups is 4. The molecule has 1 aliphatic carbocycles. The number of esters is 1. The topological polar surface area (TPSA) is 102 Å². The zero-order chi connectivity index (χ0) is 21.1. The Morgan fingerprint density at radius 1 is 1.21 bits per heavy atom. The molecule has 0 bridgehead atoms. The zero-order valence-electron chi connectivity index (χ0n) is 16.0. The molecule has 154 valence electrons. The van der Waals surface area contributed by atoms with Crippen molar-refractivity contribution in [3.8, 4) is 5.75 Å². The van der Waals surface area contributed by atoms with Crippen molar-refractivity contribution in [2.45, 2.75) is 25.9 Å². The van der Waals surface area contributed by atoms with Crippen molar-refractivity contribution in [1.29, 1.82) is 0 Å². The Balaban J connectivity index is 1.58. The predicted molar refractivity (Wildman–Crippen MR) is 104 cm³/mol. The number of amides is 3. The van der Waals surface area contributed by atoms with E-state index in [2.05, 4.69) is 5.32 Å². The van der Waals surface area contributed by atoms with Crippen LogP contribution in [0.4, 0.5) is 5.69 Å². The number of methoxy groups -OCH3 is 1. The number of nitrogens with zero attached hydrogens (tertiary/aromatic N) is 1. The molecule has 1 heterocycles. The van der Waals surface area contributed by atoms with Crippen molar-refractivity contribution >= 4 is 41.0 Å². The van der Waals surface area contributed by atoms with Gasteiger partial charge in [-0.1, -0.05) is 23.8 Å². The number of fused-ring (bicyclic) bond motifs is 1.